The van der Waals surface area contributed by atoms with Crippen LogP contribution in [0.15, 0.2) is 18.2 Å². The lowest BCUT2D eigenvalue weighted by Gasteiger charge is -2.06. The molecule has 3 heteroatoms. The van der Waals surface area contributed by atoms with Gasteiger partial charge < -0.3 is 5.32 Å². The van der Waals surface area contributed by atoms with Crippen molar-refractivity contribution >= 4 is 0 Å². The number of halogens is 1. The maximum absolute atomic E-state index is 12.6. The Morgan fingerprint density at radius 1 is 1.36 bits per heavy atom. The van der Waals surface area contributed by atoms with Crippen LogP contribution in [0.5, 0.6) is 0 Å². The number of pyridine rings is 1. The molecule has 0 saturated heterocycles. The highest BCUT2D eigenvalue weighted by Crippen LogP contribution is 1.97. The molecule has 0 unspecified atom stereocenters. The smallest absolute Gasteiger partial charge is 0.213 e. The fraction of sp³-hybridized carbons (Fsp3) is 0.545. The highest BCUT2D eigenvalue weighted by molar-refractivity contribution is 5.04. The van der Waals surface area contributed by atoms with E-state index in [1.807, 2.05) is 27.7 Å². The van der Waals surface area contributed by atoms with Crippen molar-refractivity contribution in [2.45, 2.75) is 40.3 Å². The molecular weight excluding hydrogens is 179 g/mol. The molecule has 0 aliphatic heterocycles. The summed E-state index contributed by atoms with van der Waals surface area (Å²) < 4.78 is 12.6. The van der Waals surface area contributed by atoms with E-state index in [1.165, 1.54) is 6.07 Å². The van der Waals surface area contributed by atoms with E-state index >= 15 is 0 Å². The number of rotatable bonds is 3. The van der Waals surface area contributed by atoms with Gasteiger partial charge in [-0.3, -0.25) is 0 Å². The Bertz CT molecular complexity index is 249. The highest BCUT2D eigenvalue weighted by Gasteiger charge is 1.97. The first-order valence-electron chi connectivity index (χ1n) is 5.03. The zero-order chi connectivity index (χ0) is 11.0. The van der Waals surface area contributed by atoms with Crippen LogP contribution in [-0.2, 0) is 6.54 Å². The Kier molecular flexibility index (Phi) is 6.93. The maximum Gasteiger partial charge on any atom is 0.213 e. The summed E-state index contributed by atoms with van der Waals surface area (Å²) in [6, 6.07) is 5.21. The molecule has 0 aliphatic rings. The van der Waals surface area contributed by atoms with E-state index in [0.717, 1.165) is 5.69 Å². The third-order valence-electron chi connectivity index (χ3n) is 1.46. The highest BCUT2D eigenvalue weighted by atomic mass is 19.1. The largest absolute Gasteiger partial charge is 0.309 e. The molecule has 0 aromatic carbocycles. The average molecular weight is 198 g/mol. The number of nitrogens with one attached hydrogen (secondary N) is 1. The average Bonchev–Trinajstić information content (AvgIpc) is 2.18. The molecule has 1 rings (SSSR count). The van der Waals surface area contributed by atoms with Gasteiger partial charge in [-0.05, 0) is 12.1 Å². The zero-order valence-corrected chi connectivity index (χ0v) is 9.34. The molecule has 0 spiro atoms. The maximum atomic E-state index is 12.6. The van der Waals surface area contributed by atoms with E-state index in [1.54, 1.807) is 12.1 Å². The summed E-state index contributed by atoms with van der Waals surface area (Å²) in [5.41, 5.74) is 0.740. The molecule has 0 radical (unpaired) electrons. The Hall–Kier alpha value is -0.960. The van der Waals surface area contributed by atoms with Crippen LogP contribution in [0.25, 0.3) is 0 Å². The van der Waals surface area contributed by atoms with Crippen LogP contribution in [0.3, 0.4) is 0 Å². The monoisotopic (exact) mass is 198 g/mol. The van der Waals surface area contributed by atoms with Gasteiger partial charge >= 0.3 is 0 Å². The fourth-order valence-corrected chi connectivity index (χ4v) is 0.857. The van der Waals surface area contributed by atoms with Crippen LogP contribution in [-0.4, -0.2) is 11.0 Å². The number of hydrogen-bond donors (Lipinski definition) is 1. The second kappa shape index (κ2) is 7.44. The van der Waals surface area contributed by atoms with Crippen molar-refractivity contribution in [3.05, 3.63) is 29.8 Å². The van der Waals surface area contributed by atoms with Gasteiger partial charge in [-0.2, -0.15) is 4.39 Å². The topological polar surface area (TPSA) is 24.9 Å². The number of aromatic nitrogens is 1. The summed E-state index contributed by atoms with van der Waals surface area (Å²) in [5, 5.41) is 3.16. The predicted octanol–water partition coefficient (Wildman–Crippen LogP) is 2.74. The van der Waals surface area contributed by atoms with Gasteiger partial charge in [-0.15, -0.1) is 0 Å². The Labute approximate surface area is 85.6 Å². The number of nitrogens with zero attached hydrogens (tertiary/aromatic N) is 1. The van der Waals surface area contributed by atoms with Crippen LogP contribution in [0.1, 0.15) is 33.4 Å². The summed E-state index contributed by atoms with van der Waals surface area (Å²) >= 11 is 0. The molecule has 1 heterocycles. The molecule has 0 bridgehead atoms. The van der Waals surface area contributed by atoms with Crippen molar-refractivity contribution in [2.24, 2.45) is 0 Å². The van der Waals surface area contributed by atoms with E-state index < -0.39 is 5.95 Å². The van der Waals surface area contributed by atoms with E-state index in [2.05, 4.69) is 10.3 Å². The normalized spacial score (nSPS) is 9.57. The van der Waals surface area contributed by atoms with E-state index in [4.69, 9.17) is 0 Å². The minimum Gasteiger partial charge on any atom is -0.309 e. The zero-order valence-electron chi connectivity index (χ0n) is 9.34. The molecule has 1 aromatic heterocycles. The summed E-state index contributed by atoms with van der Waals surface area (Å²) in [7, 11) is 0. The summed E-state index contributed by atoms with van der Waals surface area (Å²) in [5.74, 6) is -0.418. The molecule has 1 N–H and O–H groups in total. The molecule has 0 atom stereocenters. The first-order valence-corrected chi connectivity index (χ1v) is 5.03. The lowest BCUT2D eigenvalue weighted by atomic mass is 10.3. The van der Waals surface area contributed by atoms with E-state index in [-0.39, 0.29) is 0 Å². The van der Waals surface area contributed by atoms with Gasteiger partial charge in [0, 0.05) is 12.6 Å². The third-order valence-corrected chi connectivity index (χ3v) is 1.46. The summed E-state index contributed by atoms with van der Waals surface area (Å²) in [6.07, 6.45) is 0. The third kappa shape index (κ3) is 5.65. The Morgan fingerprint density at radius 2 is 2.00 bits per heavy atom. The predicted molar refractivity (Wildman–Crippen MR) is 57.5 cm³/mol. The van der Waals surface area contributed by atoms with Gasteiger partial charge in [0.1, 0.15) is 0 Å². The second-order valence-electron chi connectivity index (χ2n) is 2.99. The van der Waals surface area contributed by atoms with Crippen molar-refractivity contribution in [3.8, 4) is 0 Å². The van der Waals surface area contributed by atoms with Gasteiger partial charge in [0.2, 0.25) is 5.95 Å². The van der Waals surface area contributed by atoms with Crippen LogP contribution < -0.4 is 5.32 Å². The van der Waals surface area contributed by atoms with Crippen LogP contribution in [0.4, 0.5) is 4.39 Å². The first-order chi connectivity index (χ1) is 6.68. The lowest BCUT2D eigenvalue weighted by molar-refractivity contribution is 0.549. The van der Waals surface area contributed by atoms with Crippen LogP contribution in [0, 0.1) is 5.95 Å². The Morgan fingerprint density at radius 3 is 2.50 bits per heavy atom. The molecular formula is C11H19FN2. The van der Waals surface area contributed by atoms with Crippen LogP contribution in [0.2, 0.25) is 0 Å². The minimum absolute atomic E-state index is 0.398. The standard InChI is InChI=1S/C9H13FN2.C2H6/c1-7(2)11-6-8-4-3-5-9(10)12-8;1-2/h3-5,7,11H,6H2,1-2H3;1-2H3. The molecule has 0 aliphatic carbocycles. The second-order valence-corrected chi connectivity index (χ2v) is 2.99. The summed E-state index contributed by atoms with van der Waals surface area (Å²) in [6.45, 7) is 8.70. The molecule has 0 saturated carbocycles. The molecule has 2 nitrogen and oxygen atoms in total. The first kappa shape index (κ1) is 13.0. The summed E-state index contributed by atoms with van der Waals surface area (Å²) in [4.78, 5) is 3.72. The van der Waals surface area contributed by atoms with Gasteiger partial charge in [0.05, 0.1) is 5.69 Å². The Balaban J connectivity index is 0.000000791. The molecule has 1 aromatic rings. The van der Waals surface area contributed by atoms with Crippen LogP contribution >= 0.6 is 0 Å². The van der Waals surface area contributed by atoms with E-state index in [9.17, 15) is 4.39 Å². The van der Waals surface area contributed by atoms with Crippen molar-refractivity contribution in [1.82, 2.24) is 10.3 Å². The van der Waals surface area contributed by atoms with Gasteiger partial charge in [0.25, 0.3) is 0 Å². The van der Waals surface area contributed by atoms with Gasteiger partial charge in [-0.1, -0.05) is 33.8 Å². The molecule has 80 valence electrons. The fourth-order valence-electron chi connectivity index (χ4n) is 0.857. The van der Waals surface area contributed by atoms with Gasteiger partial charge in [-0.25, -0.2) is 4.98 Å². The van der Waals surface area contributed by atoms with Crippen molar-refractivity contribution in [1.29, 1.82) is 0 Å². The van der Waals surface area contributed by atoms with Crippen molar-refractivity contribution < 1.29 is 4.39 Å². The molecule has 0 fully saturated rings. The van der Waals surface area contributed by atoms with Gasteiger partial charge in [0.15, 0.2) is 0 Å². The number of hydrogen-bond acceptors (Lipinski definition) is 2. The van der Waals surface area contributed by atoms with Crippen molar-refractivity contribution in [3.63, 3.8) is 0 Å². The lowest BCUT2D eigenvalue weighted by Crippen LogP contribution is -2.22. The van der Waals surface area contributed by atoms with E-state index in [0.29, 0.717) is 12.6 Å². The van der Waals surface area contributed by atoms with Crippen molar-refractivity contribution in [2.75, 3.05) is 0 Å². The SMILES string of the molecule is CC.CC(C)NCc1cccc(F)n1. The minimum atomic E-state index is -0.418. The molecule has 14 heavy (non-hydrogen) atoms. The molecule has 0 amide bonds. The quantitative estimate of drug-likeness (QED) is 0.755.